The van der Waals surface area contributed by atoms with Crippen molar-refractivity contribution >= 4 is 18.0 Å². The Morgan fingerprint density at radius 1 is 0.967 bits per heavy atom. The van der Waals surface area contributed by atoms with Gasteiger partial charge in [0.25, 0.3) is 0 Å². The number of rotatable bonds is 5. The van der Waals surface area contributed by atoms with Crippen LogP contribution in [0.1, 0.15) is 38.3 Å². The van der Waals surface area contributed by atoms with Crippen molar-refractivity contribution < 1.29 is 23.9 Å². The van der Waals surface area contributed by atoms with E-state index in [2.05, 4.69) is 0 Å². The van der Waals surface area contributed by atoms with Crippen LogP contribution in [0.5, 0.6) is 0 Å². The molecule has 158 valence electrons. The molecule has 3 rings (SSSR count). The predicted molar refractivity (Wildman–Crippen MR) is 111 cm³/mol. The highest BCUT2D eigenvalue weighted by Crippen LogP contribution is 2.30. The van der Waals surface area contributed by atoms with Gasteiger partial charge >= 0.3 is 12.1 Å². The first-order valence-corrected chi connectivity index (χ1v) is 10.0. The number of benzene rings is 2. The summed E-state index contributed by atoms with van der Waals surface area (Å²) in [5.74, 6) is -1.50. The second-order valence-corrected chi connectivity index (χ2v) is 8.42. The maximum absolute atomic E-state index is 13.0. The molecular weight excluding hydrogens is 382 g/mol. The van der Waals surface area contributed by atoms with E-state index in [1.54, 1.807) is 20.8 Å². The first kappa shape index (κ1) is 21.6. The summed E-state index contributed by atoms with van der Waals surface area (Å²) in [4.78, 5) is 39.5. The van der Waals surface area contributed by atoms with E-state index in [1.165, 1.54) is 0 Å². The van der Waals surface area contributed by atoms with Gasteiger partial charge in [-0.15, -0.1) is 0 Å². The molecular formula is C24H27NO5. The van der Waals surface area contributed by atoms with Crippen molar-refractivity contribution in [2.45, 2.75) is 51.9 Å². The molecule has 0 spiro atoms. The highest BCUT2D eigenvalue weighted by Gasteiger charge is 2.48. The summed E-state index contributed by atoms with van der Waals surface area (Å²) in [6, 6.07) is 17.8. The van der Waals surface area contributed by atoms with Gasteiger partial charge in [-0.3, -0.25) is 4.79 Å². The number of carbonyl (C=O) groups is 3. The minimum Gasteiger partial charge on any atom is -0.459 e. The summed E-state index contributed by atoms with van der Waals surface area (Å²) in [6.07, 6.45) is -0.160. The largest absolute Gasteiger partial charge is 0.459 e. The summed E-state index contributed by atoms with van der Waals surface area (Å²) in [5.41, 5.74) is 1.02. The Morgan fingerprint density at radius 3 is 2.10 bits per heavy atom. The number of nitrogens with zero attached hydrogens (tertiary/aromatic N) is 1. The van der Waals surface area contributed by atoms with Crippen LogP contribution in [0.25, 0.3) is 0 Å². The van der Waals surface area contributed by atoms with Crippen molar-refractivity contribution in [2.75, 3.05) is 0 Å². The molecule has 0 aromatic heterocycles. The van der Waals surface area contributed by atoms with Gasteiger partial charge in [0, 0.05) is 5.92 Å². The first-order chi connectivity index (χ1) is 14.2. The Kier molecular flexibility index (Phi) is 6.55. The van der Waals surface area contributed by atoms with Gasteiger partial charge in [-0.25, -0.2) is 14.5 Å². The molecule has 0 N–H and O–H groups in total. The highest BCUT2D eigenvalue weighted by molar-refractivity contribution is 6.00. The van der Waals surface area contributed by atoms with E-state index in [0.29, 0.717) is 6.42 Å². The molecule has 1 aliphatic rings. The van der Waals surface area contributed by atoms with E-state index in [-0.39, 0.29) is 13.0 Å². The van der Waals surface area contributed by atoms with E-state index in [0.717, 1.165) is 16.0 Å². The third-order valence-electron chi connectivity index (χ3n) is 4.82. The van der Waals surface area contributed by atoms with Crippen LogP contribution in [0.3, 0.4) is 0 Å². The Labute approximate surface area is 176 Å². The van der Waals surface area contributed by atoms with Crippen molar-refractivity contribution in [2.24, 2.45) is 5.92 Å². The van der Waals surface area contributed by atoms with Gasteiger partial charge < -0.3 is 9.47 Å². The number of likely N-dealkylation sites (tertiary alicyclic amines) is 1. The number of hydrogen-bond donors (Lipinski definition) is 0. The summed E-state index contributed by atoms with van der Waals surface area (Å²) in [5, 5.41) is 0. The zero-order valence-electron chi connectivity index (χ0n) is 17.5. The lowest BCUT2D eigenvalue weighted by molar-refractivity contribution is -0.152. The summed E-state index contributed by atoms with van der Waals surface area (Å²) in [6.45, 7) is 5.23. The van der Waals surface area contributed by atoms with E-state index in [9.17, 15) is 14.4 Å². The molecule has 1 fully saturated rings. The molecule has 2 atom stereocenters. The van der Waals surface area contributed by atoms with Crippen molar-refractivity contribution in [3.63, 3.8) is 0 Å². The van der Waals surface area contributed by atoms with Crippen molar-refractivity contribution in [3.05, 3.63) is 71.8 Å². The lowest BCUT2D eigenvalue weighted by atomic mass is 9.96. The van der Waals surface area contributed by atoms with Crippen LogP contribution in [0.15, 0.2) is 60.7 Å². The van der Waals surface area contributed by atoms with Crippen LogP contribution >= 0.6 is 0 Å². The SMILES string of the molecule is CC(C)(C)OC(=O)N1C(=O)[C@@H](Cc2ccccc2)C[C@H]1C(=O)OCc1ccccc1. The second-order valence-electron chi connectivity index (χ2n) is 8.42. The topological polar surface area (TPSA) is 72.9 Å². The third-order valence-corrected chi connectivity index (χ3v) is 4.82. The third kappa shape index (κ3) is 5.47. The van der Waals surface area contributed by atoms with E-state index >= 15 is 0 Å². The maximum Gasteiger partial charge on any atom is 0.417 e. The van der Waals surface area contributed by atoms with Gasteiger partial charge in [0.05, 0.1) is 0 Å². The minimum atomic E-state index is -0.996. The van der Waals surface area contributed by atoms with Gasteiger partial charge in [-0.05, 0) is 44.7 Å². The van der Waals surface area contributed by atoms with Crippen molar-refractivity contribution in [1.29, 1.82) is 0 Å². The molecule has 1 heterocycles. The lowest BCUT2D eigenvalue weighted by Gasteiger charge is -2.26. The molecule has 30 heavy (non-hydrogen) atoms. The average Bonchev–Trinajstić information content (AvgIpc) is 3.03. The molecule has 1 saturated heterocycles. The average molecular weight is 409 g/mol. The zero-order chi connectivity index (χ0) is 21.7. The van der Waals surface area contributed by atoms with Crippen LogP contribution in [0.2, 0.25) is 0 Å². The second kappa shape index (κ2) is 9.11. The van der Waals surface area contributed by atoms with Crippen LogP contribution in [0, 0.1) is 5.92 Å². The fourth-order valence-electron chi connectivity index (χ4n) is 3.45. The predicted octanol–water partition coefficient (Wildman–Crippen LogP) is 4.12. The standard InChI is InChI=1S/C24H27NO5/c1-24(2,3)30-23(28)25-20(22(27)29-16-18-12-8-5-9-13-18)15-19(21(25)26)14-17-10-6-4-7-11-17/h4-13,19-20H,14-16H2,1-3H3/t19-,20-/m0/s1. The Bertz CT molecular complexity index is 889. The molecule has 6 nitrogen and oxygen atoms in total. The number of amides is 2. The number of imide groups is 1. The zero-order valence-corrected chi connectivity index (χ0v) is 17.5. The molecule has 0 bridgehead atoms. The van der Waals surface area contributed by atoms with Crippen molar-refractivity contribution in [1.82, 2.24) is 4.90 Å². The van der Waals surface area contributed by atoms with Crippen LogP contribution in [-0.4, -0.2) is 34.5 Å². The van der Waals surface area contributed by atoms with Gasteiger partial charge in [0.1, 0.15) is 18.2 Å². The molecule has 0 radical (unpaired) electrons. The van der Waals surface area contributed by atoms with E-state index in [4.69, 9.17) is 9.47 Å². The maximum atomic E-state index is 13.0. The Hall–Kier alpha value is -3.15. The number of ether oxygens (including phenoxy) is 2. The van der Waals surface area contributed by atoms with E-state index in [1.807, 2.05) is 60.7 Å². The molecule has 6 heteroatoms. The minimum absolute atomic E-state index is 0.0792. The number of hydrogen-bond acceptors (Lipinski definition) is 5. The summed E-state index contributed by atoms with van der Waals surface area (Å²) < 4.78 is 10.8. The normalized spacial score (nSPS) is 18.9. The van der Waals surface area contributed by atoms with Crippen LogP contribution in [-0.2, 0) is 32.1 Å². The monoisotopic (exact) mass is 409 g/mol. The number of esters is 1. The Morgan fingerprint density at radius 2 is 1.53 bits per heavy atom. The fraction of sp³-hybridized carbons (Fsp3) is 0.375. The molecule has 2 aromatic rings. The molecule has 0 aliphatic carbocycles. The lowest BCUT2D eigenvalue weighted by Crippen LogP contribution is -2.46. The Balaban J connectivity index is 1.76. The molecule has 0 unspecified atom stereocenters. The van der Waals surface area contributed by atoms with Gasteiger partial charge in [0.2, 0.25) is 5.91 Å². The summed E-state index contributed by atoms with van der Waals surface area (Å²) in [7, 11) is 0. The fourth-order valence-corrected chi connectivity index (χ4v) is 3.45. The number of carbonyl (C=O) groups excluding carboxylic acids is 3. The molecule has 0 saturated carbocycles. The summed E-state index contributed by atoms with van der Waals surface area (Å²) >= 11 is 0. The highest BCUT2D eigenvalue weighted by atomic mass is 16.6. The van der Waals surface area contributed by atoms with Crippen LogP contribution < -0.4 is 0 Å². The van der Waals surface area contributed by atoms with Gasteiger partial charge in [-0.2, -0.15) is 0 Å². The van der Waals surface area contributed by atoms with Gasteiger partial charge in [-0.1, -0.05) is 60.7 Å². The van der Waals surface area contributed by atoms with Crippen LogP contribution in [0.4, 0.5) is 4.79 Å². The molecule has 2 amide bonds. The van der Waals surface area contributed by atoms with Gasteiger partial charge in [0.15, 0.2) is 0 Å². The quantitative estimate of drug-likeness (QED) is 0.695. The molecule has 1 aliphatic heterocycles. The van der Waals surface area contributed by atoms with E-state index < -0.39 is 35.5 Å². The molecule has 2 aromatic carbocycles. The van der Waals surface area contributed by atoms with Crippen molar-refractivity contribution in [3.8, 4) is 0 Å². The smallest absolute Gasteiger partial charge is 0.417 e. The first-order valence-electron chi connectivity index (χ1n) is 10.0.